The summed E-state index contributed by atoms with van der Waals surface area (Å²) in [5, 5.41) is 4.00. The van der Waals surface area contributed by atoms with Crippen molar-refractivity contribution in [1.82, 2.24) is 19.7 Å². The van der Waals surface area contributed by atoms with Gasteiger partial charge in [-0.2, -0.15) is 5.10 Å². The standard InChI is InChI=1S/C10H13N5/c1-8(11)4-9-2-3-10(13-5-9)15-7-12-6-14-15/h2-3,5-8H,4,11H2,1H3. The second-order valence-corrected chi connectivity index (χ2v) is 3.55. The van der Waals surface area contributed by atoms with Crippen LogP contribution in [0.2, 0.25) is 0 Å². The fraction of sp³-hybridized carbons (Fsp3) is 0.300. The first-order chi connectivity index (χ1) is 7.25. The minimum Gasteiger partial charge on any atom is -0.328 e. The summed E-state index contributed by atoms with van der Waals surface area (Å²) in [5.41, 5.74) is 6.83. The van der Waals surface area contributed by atoms with Gasteiger partial charge in [0, 0.05) is 12.2 Å². The van der Waals surface area contributed by atoms with Gasteiger partial charge >= 0.3 is 0 Å². The van der Waals surface area contributed by atoms with E-state index >= 15 is 0 Å². The van der Waals surface area contributed by atoms with Crippen molar-refractivity contribution >= 4 is 0 Å². The number of hydrogen-bond donors (Lipinski definition) is 1. The zero-order valence-corrected chi connectivity index (χ0v) is 8.54. The maximum absolute atomic E-state index is 5.70. The Kier molecular flexibility index (Phi) is 2.73. The first kappa shape index (κ1) is 9.79. The highest BCUT2D eigenvalue weighted by Gasteiger charge is 2.00. The highest BCUT2D eigenvalue weighted by molar-refractivity contribution is 5.24. The van der Waals surface area contributed by atoms with Crippen molar-refractivity contribution in [2.24, 2.45) is 5.73 Å². The van der Waals surface area contributed by atoms with E-state index in [1.165, 1.54) is 6.33 Å². The summed E-state index contributed by atoms with van der Waals surface area (Å²) in [7, 11) is 0. The average molecular weight is 203 g/mol. The molecule has 0 aliphatic carbocycles. The third-order valence-corrected chi connectivity index (χ3v) is 2.02. The minimum atomic E-state index is 0.157. The molecule has 5 heteroatoms. The molecule has 78 valence electrons. The van der Waals surface area contributed by atoms with Crippen molar-refractivity contribution in [2.45, 2.75) is 19.4 Å². The third-order valence-electron chi connectivity index (χ3n) is 2.02. The van der Waals surface area contributed by atoms with Crippen LogP contribution in [0.5, 0.6) is 0 Å². The molecule has 0 saturated carbocycles. The molecule has 0 spiro atoms. The van der Waals surface area contributed by atoms with Crippen molar-refractivity contribution in [3.05, 3.63) is 36.5 Å². The molecule has 0 aliphatic heterocycles. The molecule has 0 bridgehead atoms. The fourth-order valence-electron chi connectivity index (χ4n) is 1.37. The molecule has 2 aromatic heterocycles. The van der Waals surface area contributed by atoms with Gasteiger partial charge in [0.25, 0.3) is 0 Å². The normalized spacial score (nSPS) is 12.7. The lowest BCUT2D eigenvalue weighted by atomic mass is 10.1. The maximum atomic E-state index is 5.70. The van der Waals surface area contributed by atoms with E-state index in [1.807, 2.05) is 25.3 Å². The predicted molar refractivity (Wildman–Crippen MR) is 56.5 cm³/mol. The van der Waals surface area contributed by atoms with Gasteiger partial charge in [0.05, 0.1) is 0 Å². The van der Waals surface area contributed by atoms with Gasteiger partial charge in [-0.3, -0.25) is 0 Å². The maximum Gasteiger partial charge on any atom is 0.155 e. The van der Waals surface area contributed by atoms with Crippen molar-refractivity contribution in [2.75, 3.05) is 0 Å². The van der Waals surface area contributed by atoms with E-state index in [-0.39, 0.29) is 6.04 Å². The summed E-state index contributed by atoms with van der Waals surface area (Å²) in [5.74, 6) is 0.765. The van der Waals surface area contributed by atoms with Crippen LogP contribution in [0.3, 0.4) is 0 Å². The Labute approximate surface area is 88.0 Å². The molecule has 1 unspecified atom stereocenters. The Morgan fingerprint density at radius 3 is 2.87 bits per heavy atom. The Hall–Kier alpha value is -1.75. The fourth-order valence-corrected chi connectivity index (χ4v) is 1.37. The van der Waals surface area contributed by atoms with Crippen LogP contribution in [-0.4, -0.2) is 25.8 Å². The minimum absolute atomic E-state index is 0.157. The highest BCUT2D eigenvalue weighted by Crippen LogP contribution is 2.05. The molecule has 15 heavy (non-hydrogen) atoms. The molecule has 0 fully saturated rings. The Balaban J connectivity index is 2.17. The smallest absolute Gasteiger partial charge is 0.155 e. The van der Waals surface area contributed by atoms with E-state index in [9.17, 15) is 0 Å². The zero-order valence-electron chi connectivity index (χ0n) is 8.54. The van der Waals surface area contributed by atoms with E-state index < -0.39 is 0 Å². The lowest BCUT2D eigenvalue weighted by molar-refractivity contribution is 0.733. The second kappa shape index (κ2) is 4.18. The van der Waals surface area contributed by atoms with Crippen LogP contribution in [-0.2, 0) is 6.42 Å². The van der Waals surface area contributed by atoms with Gasteiger partial charge in [0.2, 0.25) is 0 Å². The van der Waals surface area contributed by atoms with Crippen LogP contribution in [0.25, 0.3) is 5.82 Å². The van der Waals surface area contributed by atoms with Gasteiger partial charge in [-0.05, 0) is 25.0 Å². The SMILES string of the molecule is CC(N)Cc1ccc(-n2cncn2)nc1. The molecule has 0 aliphatic rings. The van der Waals surface area contributed by atoms with Gasteiger partial charge < -0.3 is 5.73 Å². The van der Waals surface area contributed by atoms with Crippen LogP contribution in [0.1, 0.15) is 12.5 Å². The Morgan fingerprint density at radius 2 is 2.33 bits per heavy atom. The van der Waals surface area contributed by atoms with E-state index in [1.54, 1.807) is 11.0 Å². The molecular weight excluding hydrogens is 190 g/mol. The molecule has 1 atom stereocenters. The summed E-state index contributed by atoms with van der Waals surface area (Å²) in [6.07, 6.45) is 5.76. The number of rotatable bonds is 3. The Morgan fingerprint density at radius 1 is 1.47 bits per heavy atom. The van der Waals surface area contributed by atoms with E-state index in [2.05, 4.69) is 15.1 Å². The van der Waals surface area contributed by atoms with E-state index in [0.29, 0.717) is 0 Å². The molecule has 0 radical (unpaired) electrons. The third kappa shape index (κ3) is 2.38. The number of hydrogen-bond acceptors (Lipinski definition) is 4. The van der Waals surface area contributed by atoms with Crippen molar-refractivity contribution in [1.29, 1.82) is 0 Å². The van der Waals surface area contributed by atoms with E-state index in [4.69, 9.17) is 5.73 Å². The number of nitrogens with two attached hydrogens (primary N) is 1. The second-order valence-electron chi connectivity index (χ2n) is 3.55. The molecule has 5 nitrogen and oxygen atoms in total. The topological polar surface area (TPSA) is 69.6 Å². The molecule has 2 aromatic rings. The lowest BCUT2D eigenvalue weighted by Crippen LogP contribution is -2.17. The van der Waals surface area contributed by atoms with Crippen LogP contribution < -0.4 is 5.73 Å². The summed E-state index contributed by atoms with van der Waals surface area (Å²) in [6.45, 7) is 1.98. The molecule has 0 amide bonds. The van der Waals surface area contributed by atoms with Crippen LogP contribution in [0.4, 0.5) is 0 Å². The first-order valence-electron chi connectivity index (χ1n) is 4.81. The number of nitrogens with zero attached hydrogens (tertiary/aromatic N) is 4. The zero-order chi connectivity index (χ0) is 10.7. The molecule has 2 rings (SSSR count). The lowest BCUT2D eigenvalue weighted by Gasteiger charge is -2.05. The van der Waals surface area contributed by atoms with Gasteiger partial charge in [-0.1, -0.05) is 6.07 Å². The summed E-state index contributed by atoms with van der Waals surface area (Å²) >= 11 is 0. The first-order valence-corrected chi connectivity index (χ1v) is 4.81. The number of pyridine rings is 1. The predicted octanol–water partition coefficient (Wildman–Crippen LogP) is 0.552. The van der Waals surface area contributed by atoms with Crippen molar-refractivity contribution in [3.8, 4) is 5.82 Å². The van der Waals surface area contributed by atoms with Gasteiger partial charge in [-0.25, -0.2) is 14.6 Å². The molecule has 2 N–H and O–H groups in total. The summed E-state index contributed by atoms with van der Waals surface area (Å²) in [4.78, 5) is 8.14. The molecular formula is C10H13N5. The molecule has 2 heterocycles. The van der Waals surface area contributed by atoms with E-state index in [0.717, 1.165) is 17.8 Å². The van der Waals surface area contributed by atoms with Crippen molar-refractivity contribution < 1.29 is 0 Å². The van der Waals surface area contributed by atoms with Gasteiger partial charge in [0.15, 0.2) is 5.82 Å². The quantitative estimate of drug-likeness (QED) is 0.791. The highest BCUT2D eigenvalue weighted by atomic mass is 15.3. The Bertz CT molecular complexity index is 404. The van der Waals surface area contributed by atoms with Crippen LogP contribution in [0.15, 0.2) is 31.0 Å². The molecule has 0 saturated heterocycles. The largest absolute Gasteiger partial charge is 0.328 e. The summed E-state index contributed by atoms with van der Waals surface area (Å²) in [6, 6.07) is 4.07. The van der Waals surface area contributed by atoms with Gasteiger partial charge in [-0.15, -0.1) is 0 Å². The number of aromatic nitrogens is 4. The van der Waals surface area contributed by atoms with Crippen molar-refractivity contribution in [3.63, 3.8) is 0 Å². The van der Waals surface area contributed by atoms with Gasteiger partial charge in [0.1, 0.15) is 12.7 Å². The van der Waals surface area contributed by atoms with Crippen LogP contribution >= 0.6 is 0 Å². The molecule has 0 aromatic carbocycles. The summed E-state index contributed by atoms with van der Waals surface area (Å²) < 4.78 is 1.62. The van der Waals surface area contributed by atoms with Crippen LogP contribution in [0, 0.1) is 0 Å². The average Bonchev–Trinajstić information content (AvgIpc) is 2.71. The monoisotopic (exact) mass is 203 g/mol.